The van der Waals surface area contributed by atoms with Crippen molar-refractivity contribution in [2.24, 2.45) is 4.99 Å². The average molecular weight is 501 g/mol. The minimum absolute atomic E-state index is 0.0281. The third kappa shape index (κ3) is 6.36. The van der Waals surface area contributed by atoms with E-state index in [0.717, 1.165) is 23.5 Å². The first-order valence-electron chi connectivity index (χ1n) is 13.5. The van der Waals surface area contributed by atoms with Crippen LogP contribution < -0.4 is 5.73 Å². The lowest BCUT2D eigenvalue weighted by Crippen LogP contribution is -2.06. The van der Waals surface area contributed by atoms with Gasteiger partial charge in [-0.1, -0.05) is 79.7 Å². The van der Waals surface area contributed by atoms with E-state index in [1.165, 1.54) is 39.4 Å². The maximum absolute atomic E-state index is 10.4. The van der Waals surface area contributed by atoms with Gasteiger partial charge < -0.3 is 15.9 Å². The van der Waals surface area contributed by atoms with Gasteiger partial charge in [0, 0.05) is 23.0 Å². The number of phenols is 2. The van der Waals surface area contributed by atoms with Crippen molar-refractivity contribution < 1.29 is 10.2 Å². The van der Waals surface area contributed by atoms with Crippen LogP contribution >= 0.6 is 0 Å². The lowest BCUT2D eigenvalue weighted by molar-refractivity contribution is 0.450. The number of anilines is 1. The summed E-state index contributed by atoms with van der Waals surface area (Å²) in [5, 5.41) is 20.1. The molecular weight excluding hydrogens is 456 g/mol. The summed E-state index contributed by atoms with van der Waals surface area (Å²) in [6, 6.07) is 13.8. The Morgan fingerprint density at radius 1 is 0.703 bits per heavy atom. The summed E-state index contributed by atoms with van der Waals surface area (Å²) in [6.45, 7) is 19.5. The van der Waals surface area contributed by atoms with Crippen LogP contribution in [0.4, 0.5) is 11.4 Å². The lowest BCUT2D eigenvalue weighted by atomic mass is 9.86. The Kier molecular flexibility index (Phi) is 8.73. The number of aliphatic imine (C=N–C) groups is 1. The first-order chi connectivity index (χ1) is 17.3. The van der Waals surface area contributed by atoms with Crippen molar-refractivity contribution in [3.63, 3.8) is 0 Å². The summed E-state index contributed by atoms with van der Waals surface area (Å²) in [4.78, 5) is 5.06. The van der Waals surface area contributed by atoms with Crippen molar-refractivity contribution in [3.05, 3.63) is 81.4 Å². The second kappa shape index (κ2) is 11.4. The molecular formula is C33H44N2O2. The van der Waals surface area contributed by atoms with Gasteiger partial charge in [0.2, 0.25) is 0 Å². The van der Waals surface area contributed by atoms with Gasteiger partial charge >= 0.3 is 0 Å². The Labute approximate surface area is 223 Å². The van der Waals surface area contributed by atoms with Crippen LogP contribution in [0.3, 0.4) is 0 Å². The minimum atomic E-state index is 0.0281. The Hall–Kier alpha value is -3.27. The molecule has 4 nitrogen and oxygen atoms in total. The van der Waals surface area contributed by atoms with E-state index >= 15 is 0 Å². The highest BCUT2D eigenvalue weighted by Crippen LogP contribution is 2.39. The molecule has 3 rings (SSSR count). The van der Waals surface area contributed by atoms with Gasteiger partial charge in [-0.3, -0.25) is 4.99 Å². The van der Waals surface area contributed by atoms with Gasteiger partial charge in [-0.15, -0.1) is 0 Å². The molecule has 0 aliphatic heterocycles. The molecule has 4 N–H and O–H groups in total. The van der Waals surface area contributed by atoms with Crippen molar-refractivity contribution in [3.8, 4) is 11.5 Å². The van der Waals surface area contributed by atoms with E-state index in [1.54, 1.807) is 12.1 Å². The summed E-state index contributed by atoms with van der Waals surface area (Å²) in [7, 11) is 0. The number of nitrogen functional groups attached to an aromatic ring is 1. The minimum Gasteiger partial charge on any atom is -0.508 e. The zero-order valence-corrected chi connectivity index (χ0v) is 24.0. The van der Waals surface area contributed by atoms with Crippen LogP contribution in [0.2, 0.25) is 0 Å². The average Bonchev–Trinajstić information content (AvgIpc) is 2.79. The van der Waals surface area contributed by atoms with Crippen LogP contribution in [-0.4, -0.2) is 15.9 Å². The van der Waals surface area contributed by atoms with E-state index in [9.17, 15) is 10.2 Å². The molecule has 0 spiro atoms. The van der Waals surface area contributed by atoms with Crippen molar-refractivity contribution >= 4 is 17.1 Å². The van der Waals surface area contributed by atoms with Crippen LogP contribution in [0.25, 0.3) is 0 Å². The molecule has 0 amide bonds. The molecule has 198 valence electrons. The standard InChI is InChI=1S/C33H44N2O2/c1-18(2)27-13-23(14-28(19(3)4)32(27)34)12-24-15-29(20(5)6)33(30(16-24)21(7)8)35-22(9)26-11-10-25(36)17-31(26)37/h10-11,13-21,36-37H,12,34H2,1-9H3. The van der Waals surface area contributed by atoms with Crippen molar-refractivity contribution in [1.29, 1.82) is 0 Å². The summed E-state index contributed by atoms with van der Waals surface area (Å²) in [5.41, 5.74) is 17.2. The summed E-state index contributed by atoms with van der Waals surface area (Å²) in [5.74, 6) is 1.35. The Bertz CT molecular complexity index is 1240. The van der Waals surface area contributed by atoms with Crippen molar-refractivity contribution in [2.45, 2.75) is 92.4 Å². The van der Waals surface area contributed by atoms with Gasteiger partial charge in [-0.2, -0.15) is 0 Å². The molecule has 0 saturated carbocycles. The topological polar surface area (TPSA) is 78.8 Å². The molecule has 3 aromatic carbocycles. The van der Waals surface area contributed by atoms with E-state index < -0.39 is 0 Å². The smallest absolute Gasteiger partial charge is 0.128 e. The van der Waals surface area contributed by atoms with E-state index in [1.807, 2.05) is 6.92 Å². The fourth-order valence-corrected chi connectivity index (χ4v) is 4.97. The van der Waals surface area contributed by atoms with Crippen LogP contribution in [0.5, 0.6) is 11.5 Å². The van der Waals surface area contributed by atoms with E-state index in [2.05, 4.69) is 79.7 Å². The first kappa shape index (κ1) is 28.3. The predicted octanol–water partition coefficient (Wildman–Crippen LogP) is 8.91. The maximum Gasteiger partial charge on any atom is 0.128 e. The SMILES string of the molecule is CC(=Nc1c(C(C)C)cc(Cc2cc(C(C)C)c(N)c(C(C)C)c2)cc1C(C)C)c1ccc(O)cc1O. The van der Waals surface area contributed by atoms with E-state index in [4.69, 9.17) is 10.7 Å². The number of rotatable bonds is 8. The fraction of sp³-hybridized carbons (Fsp3) is 0.424. The highest BCUT2D eigenvalue weighted by atomic mass is 16.3. The fourth-order valence-electron chi connectivity index (χ4n) is 4.97. The lowest BCUT2D eigenvalue weighted by Gasteiger charge is -2.21. The normalized spacial score (nSPS) is 12.4. The van der Waals surface area contributed by atoms with Gasteiger partial charge in [0.05, 0.1) is 5.69 Å². The molecule has 0 radical (unpaired) electrons. The highest BCUT2D eigenvalue weighted by Gasteiger charge is 2.19. The van der Waals surface area contributed by atoms with Gasteiger partial charge in [-0.25, -0.2) is 0 Å². The van der Waals surface area contributed by atoms with E-state index in [-0.39, 0.29) is 23.3 Å². The molecule has 0 atom stereocenters. The van der Waals surface area contributed by atoms with Gasteiger partial charge in [0.1, 0.15) is 11.5 Å². The number of benzene rings is 3. The Morgan fingerprint density at radius 3 is 1.54 bits per heavy atom. The first-order valence-corrected chi connectivity index (χ1v) is 13.5. The molecule has 0 aliphatic carbocycles. The van der Waals surface area contributed by atoms with Crippen molar-refractivity contribution in [2.75, 3.05) is 5.73 Å². The number of hydrogen-bond donors (Lipinski definition) is 3. The largest absolute Gasteiger partial charge is 0.508 e. The molecule has 4 heteroatoms. The van der Waals surface area contributed by atoms with Crippen molar-refractivity contribution in [1.82, 2.24) is 0 Å². The molecule has 0 saturated heterocycles. The third-order valence-corrected chi connectivity index (χ3v) is 7.08. The molecule has 0 bridgehead atoms. The number of hydrogen-bond acceptors (Lipinski definition) is 4. The molecule has 3 aromatic rings. The highest BCUT2D eigenvalue weighted by molar-refractivity contribution is 6.03. The van der Waals surface area contributed by atoms with Gasteiger partial charge in [0.15, 0.2) is 0 Å². The number of aromatic hydroxyl groups is 2. The Morgan fingerprint density at radius 2 is 1.14 bits per heavy atom. The van der Waals surface area contributed by atoms with Crippen LogP contribution in [-0.2, 0) is 6.42 Å². The molecule has 0 aliphatic rings. The second-order valence-corrected chi connectivity index (χ2v) is 11.5. The Balaban J connectivity index is 2.16. The summed E-state index contributed by atoms with van der Waals surface area (Å²) in [6.07, 6.45) is 0.834. The third-order valence-electron chi connectivity index (χ3n) is 7.08. The zero-order chi connectivity index (χ0) is 27.6. The van der Waals surface area contributed by atoms with Gasteiger partial charge in [0.25, 0.3) is 0 Å². The quantitative estimate of drug-likeness (QED) is 0.213. The van der Waals surface area contributed by atoms with Crippen LogP contribution in [0.1, 0.15) is 125 Å². The maximum atomic E-state index is 10.4. The van der Waals surface area contributed by atoms with E-state index in [0.29, 0.717) is 17.4 Å². The monoisotopic (exact) mass is 500 g/mol. The molecule has 0 fully saturated rings. The molecule has 0 aromatic heterocycles. The summed E-state index contributed by atoms with van der Waals surface area (Å²) < 4.78 is 0. The predicted molar refractivity (Wildman–Crippen MR) is 158 cm³/mol. The van der Waals surface area contributed by atoms with Gasteiger partial charge in [-0.05, 0) is 82.5 Å². The molecule has 0 heterocycles. The van der Waals surface area contributed by atoms with Crippen LogP contribution in [0, 0.1) is 0 Å². The second-order valence-electron chi connectivity index (χ2n) is 11.5. The molecule has 37 heavy (non-hydrogen) atoms. The van der Waals surface area contributed by atoms with Crippen LogP contribution in [0.15, 0.2) is 47.5 Å². The number of phenolic OH excluding ortho intramolecular Hbond substituents is 2. The zero-order valence-electron chi connectivity index (χ0n) is 24.0. The number of nitrogens with two attached hydrogens (primary N) is 1. The number of nitrogens with zero attached hydrogens (tertiary/aromatic N) is 1. The molecule has 0 unspecified atom stereocenters. The summed E-state index contributed by atoms with van der Waals surface area (Å²) >= 11 is 0.